The summed E-state index contributed by atoms with van der Waals surface area (Å²) in [6.07, 6.45) is 12.8. The second kappa shape index (κ2) is 19.6. The van der Waals surface area contributed by atoms with Gasteiger partial charge in [-0.1, -0.05) is 207 Å². The molecule has 3 aromatic heterocycles. The number of benzene rings is 9. The second-order valence-electron chi connectivity index (χ2n) is 18.7. The molecule has 9 aromatic carbocycles. The zero-order valence-corrected chi connectivity index (χ0v) is 41.7. The fourth-order valence-electron chi connectivity index (χ4n) is 10.8. The Labute approximate surface area is 432 Å². The summed E-state index contributed by atoms with van der Waals surface area (Å²) in [6.45, 7) is 11.0. The Morgan fingerprint density at radius 1 is 0.446 bits per heavy atom. The molecule has 0 amide bonds. The summed E-state index contributed by atoms with van der Waals surface area (Å²) in [7, 11) is 0. The number of rotatable bonds is 12. The van der Waals surface area contributed by atoms with Crippen molar-refractivity contribution >= 4 is 60.6 Å². The number of hydrogen-bond acceptors (Lipinski definition) is 2. The van der Waals surface area contributed by atoms with Crippen molar-refractivity contribution in [2.75, 3.05) is 0 Å². The van der Waals surface area contributed by atoms with E-state index in [2.05, 4.69) is 266 Å². The predicted octanol–water partition coefficient (Wildman–Crippen LogP) is 18.4. The van der Waals surface area contributed by atoms with Gasteiger partial charge in [-0.15, -0.1) is 10.2 Å². The van der Waals surface area contributed by atoms with Gasteiger partial charge in [-0.3, -0.25) is 4.57 Å². The van der Waals surface area contributed by atoms with E-state index < -0.39 is 0 Å². The Bertz CT molecular complexity index is 4200. The van der Waals surface area contributed by atoms with Gasteiger partial charge >= 0.3 is 0 Å². The number of aromatic nitrogens is 5. The molecular weight excluding hydrogens is 899 g/mol. The summed E-state index contributed by atoms with van der Waals surface area (Å²) in [6, 6.07) is 78.0. The van der Waals surface area contributed by atoms with Crippen molar-refractivity contribution in [2.45, 2.75) is 20.8 Å². The SMILES string of the molecule is C=C/C(=C\C=C(/C)c1nnc(-c2ccccc2)n1-c1ccccc1)n1c2ccccc2c2c(-c3cccc(-c4ccccc4)c3)c3c(c(-c4cccc(-c5ccccc5)c4)c21)c1ccccc1n3/C(C)=C/C=C\C. The Morgan fingerprint density at radius 3 is 1.45 bits per heavy atom. The highest BCUT2D eigenvalue weighted by Gasteiger charge is 2.29. The van der Waals surface area contributed by atoms with Crippen LogP contribution in [-0.2, 0) is 0 Å². The molecular formula is C69H53N5. The minimum Gasteiger partial charge on any atom is -0.313 e. The van der Waals surface area contributed by atoms with Gasteiger partial charge in [-0.25, -0.2) is 0 Å². The average Bonchev–Trinajstić information content (AvgIpc) is 4.19. The highest BCUT2D eigenvalue weighted by Crippen LogP contribution is 2.52. The zero-order valence-electron chi connectivity index (χ0n) is 41.7. The molecule has 0 N–H and O–H groups in total. The van der Waals surface area contributed by atoms with E-state index in [9.17, 15) is 0 Å². The first-order chi connectivity index (χ1) is 36.5. The Kier molecular flexibility index (Phi) is 12.0. The molecule has 0 saturated heterocycles. The minimum absolute atomic E-state index is 0.756. The van der Waals surface area contributed by atoms with E-state index in [0.717, 1.165) is 112 Å². The first kappa shape index (κ1) is 45.6. The fraction of sp³-hybridized carbons (Fsp3) is 0.0435. The van der Waals surface area contributed by atoms with Crippen molar-refractivity contribution < 1.29 is 0 Å². The van der Waals surface area contributed by atoms with E-state index in [1.807, 2.05) is 30.3 Å². The molecule has 354 valence electrons. The first-order valence-corrected chi connectivity index (χ1v) is 25.2. The number of hydrogen-bond donors (Lipinski definition) is 0. The van der Waals surface area contributed by atoms with Crippen LogP contribution < -0.4 is 0 Å². The van der Waals surface area contributed by atoms with Crippen molar-refractivity contribution in [3.05, 3.63) is 267 Å². The average molecular weight is 952 g/mol. The van der Waals surface area contributed by atoms with Crippen LogP contribution in [0, 0.1) is 0 Å². The maximum absolute atomic E-state index is 4.87. The molecule has 5 nitrogen and oxygen atoms in total. The van der Waals surface area contributed by atoms with Crippen molar-refractivity contribution in [1.82, 2.24) is 23.9 Å². The summed E-state index contributed by atoms with van der Waals surface area (Å²) in [5, 5.41) is 14.3. The Hall–Kier alpha value is -9.58. The smallest absolute Gasteiger partial charge is 0.168 e. The van der Waals surface area contributed by atoms with E-state index in [1.54, 1.807) is 0 Å². The molecule has 12 rings (SSSR count). The summed E-state index contributed by atoms with van der Waals surface area (Å²) < 4.78 is 7.09. The Morgan fingerprint density at radius 2 is 0.905 bits per heavy atom. The molecule has 0 aliphatic rings. The predicted molar refractivity (Wildman–Crippen MR) is 314 cm³/mol. The van der Waals surface area contributed by atoms with Crippen LogP contribution in [0.2, 0.25) is 0 Å². The third-order valence-electron chi connectivity index (χ3n) is 14.2. The molecule has 0 unspecified atom stereocenters. The number of fused-ring (bicyclic) bond motifs is 6. The van der Waals surface area contributed by atoms with Gasteiger partial charge in [-0.05, 0) is 114 Å². The number of allylic oxidation sites excluding steroid dienone is 9. The lowest BCUT2D eigenvalue weighted by Crippen LogP contribution is -2.02. The Balaban J connectivity index is 1.23. The van der Waals surface area contributed by atoms with Gasteiger partial charge in [0, 0.05) is 55.3 Å². The van der Waals surface area contributed by atoms with Crippen molar-refractivity contribution in [3.8, 4) is 61.6 Å². The summed E-state index contributed by atoms with van der Waals surface area (Å²) in [4.78, 5) is 0. The third-order valence-corrected chi connectivity index (χ3v) is 14.2. The zero-order chi connectivity index (χ0) is 50.1. The van der Waals surface area contributed by atoms with E-state index >= 15 is 0 Å². The molecule has 0 aliphatic heterocycles. The first-order valence-electron chi connectivity index (χ1n) is 25.2. The van der Waals surface area contributed by atoms with Gasteiger partial charge in [0.2, 0.25) is 0 Å². The number of para-hydroxylation sites is 3. The topological polar surface area (TPSA) is 40.6 Å². The van der Waals surface area contributed by atoms with Crippen LogP contribution in [-0.4, -0.2) is 23.9 Å². The number of nitrogens with zero attached hydrogens (tertiary/aromatic N) is 5. The van der Waals surface area contributed by atoms with Gasteiger partial charge in [-0.2, -0.15) is 0 Å². The van der Waals surface area contributed by atoms with Gasteiger partial charge in [0.05, 0.1) is 22.1 Å². The van der Waals surface area contributed by atoms with E-state index in [4.69, 9.17) is 10.2 Å². The molecule has 5 heteroatoms. The van der Waals surface area contributed by atoms with Crippen LogP contribution in [0.3, 0.4) is 0 Å². The molecule has 0 bridgehead atoms. The van der Waals surface area contributed by atoms with Crippen LogP contribution in [0.15, 0.2) is 261 Å². The molecule has 0 saturated carbocycles. The van der Waals surface area contributed by atoms with Gasteiger partial charge in [0.25, 0.3) is 0 Å². The lowest BCUT2D eigenvalue weighted by molar-refractivity contribution is 1.02. The maximum atomic E-state index is 4.87. The second-order valence-corrected chi connectivity index (χ2v) is 18.7. The fourth-order valence-corrected chi connectivity index (χ4v) is 10.8. The lowest BCUT2D eigenvalue weighted by Gasteiger charge is -2.19. The largest absolute Gasteiger partial charge is 0.313 e. The molecule has 0 fully saturated rings. The lowest BCUT2D eigenvalue weighted by atomic mass is 9.88. The highest BCUT2D eigenvalue weighted by atomic mass is 15.3. The van der Waals surface area contributed by atoms with E-state index in [1.165, 1.54) is 16.3 Å². The van der Waals surface area contributed by atoms with Crippen LogP contribution in [0.5, 0.6) is 0 Å². The normalized spacial score (nSPS) is 12.5. The van der Waals surface area contributed by atoms with Crippen LogP contribution in [0.4, 0.5) is 0 Å². The van der Waals surface area contributed by atoms with Gasteiger partial charge in [0.1, 0.15) is 0 Å². The van der Waals surface area contributed by atoms with Gasteiger partial charge < -0.3 is 9.13 Å². The van der Waals surface area contributed by atoms with Crippen LogP contribution in [0.1, 0.15) is 26.6 Å². The van der Waals surface area contributed by atoms with Gasteiger partial charge in [0.15, 0.2) is 11.6 Å². The quantitative estimate of drug-likeness (QED) is 0.115. The summed E-state index contributed by atoms with van der Waals surface area (Å²) >= 11 is 0. The van der Waals surface area contributed by atoms with E-state index in [0.29, 0.717) is 0 Å². The standard InChI is InChI=1S/C69H53N5/c1-5-7-26-48(4)72-60-41-22-20-39-58(60)64-63(55-36-25-34-53(46-55)50-29-14-9-15-30-50)67-65(62(66(64)72)54-35-24-33-52(45-54)49-27-12-8-13-28-49)59-40-21-23-42-61(59)73(67)56(6-2)44-43-47(3)68-70-71-69(51-31-16-10-17-32-51)74(68)57-37-18-11-19-38-57/h5-46H,2H2,1,3-4H3/b7-5-,47-43+,48-26+,56-44+. The molecule has 0 spiro atoms. The molecule has 74 heavy (non-hydrogen) atoms. The van der Waals surface area contributed by atoms with Crippen molar-refractivity contribution in [3.63, 3.8) is 0 Å². The highest BCUT2D eigenvalue weighted by molar-refractivity contribution is 6.33. The van der Waals surface area contributed by atoms with Crippen LogP contribution >= 0.6 is 0 Å². The van der Waals surface area contributed by atoms with Crippen molar-refractivity contribution in [1.29, 1.82) is 0 Å². The van der Waals surface area contributed by atoms with Crippen LogP contribution in [0.25, 0.3) is 122 Å². The third kappa shape index (κ3) is 7.92. The molecule has 0 radical (unpaired) electrons. The minimum atomic E-state index is 0.756. The molecule has 3 heterocycles. The van der Waals surface area contributed by atoms with E-state index in [-0.39, 0.29) is 0 Å². The monoisotopic (exact) mass is 951 g/mol. The molecule has 0 aliphatic carbocycles. The summed E-state index contributed by atoms with van der Waals surface area (Å²) in [5.41, 5.74) is 18.6. The summed E-state index contributed by atoms with van der Waals surface area (Å²) in [5.74, 6) is 1.53. The maximum Gasteiger partial charge on any atom is 0.168 e. The molecule has 0 atom stereocenters. The molecule has 12 aromatic rings. The van der Waals surface area contributed by atoms with Crippen molar-refractivity contribution in [2.24, 2.45) is 0 Å².